The van der Waals surface area contributed by atoms with Crippen molar-refractivity contribution in [1.29, 1.82) is 0 Å². The minimum Gasteiger partial charge on any atom is -0.457 e. The van der Waals surface area contributed by atoms with Crippen LogP contribution in [-0.2, 0) is 0 Å². The van der Waals surface area contributed by atoms with Crippen molar-refractivity contribution in [3.63, 3.8) is 0 Å². The first-order chi connectivity index (χ1) is 10.1. The Morgan fingerprint density at radius 3 is 2.00 bits per heavy atom. The van der Waals surface area contributed by atoms with Gasteiger partial charge < -0.3 is 14.9 Å². The number of hydrogen-bond acceptors (Lipinski definition) is 3. The smallest absolute Gasteiger partial charge is 0.127 e. The lowest BCUT2D eigenvalue weighted by atomic mass is 9.93. The Bertz CT molecular complexity index is 534. The second-order valence-electron chi connectivity index (χ2n) is 5.43. The minimum atomic E-state index is -0.701. The van der Waals surface area contributed by atoms with E-state index in [1.807, 2.05) is 61.5 Å². The van der Waals surface area contributed by atoms with E-state index in [1.165, 1.54) is 0 Å². The van der Waals surface area contributed by atoms with Gasteiger partial charge in [0.15, 0.2) is 0 Å². The van der Waals surface area contributed by atoms with Crippen molar-refractivity contribution in [2.24, 2.45) is 0 Å². The molecule has 2 rings (SSSR count). The average molecular weight is 286 g/mol. The highest BCUT2D eigenvalue weighted by molar-refractivity contribution is 5.33. The molecule has 0 bridgehead atoms. The summed E-state index contributed by atoms with van der Waals surface area (Å²) in [5.41, 5.74) is 1.12. The van der Waals surface area contributed by atoms with Crippen molar-refractivity contribution in [3.05, 3.63) is 60.2 Å². The first kappa shape index (κ1) is 15.5. The lowest BCUT2D eigenvalue weighted by molar-refractivity contribution is 0.0227. The summed E-state index contributed by atoms with van der Waals surface area (Å²) < 4.78 is 5.74. The van der Waals surface area contributed by atoms with Crippen molar-refractivity contribution >= 4 is 0 Å². The molecule has 0 spiro atoms. The first-order valence-corrected chi connectivity index (χ1v) is 7.25. The Hall–Kier alpha value is -1.84. The number of rotatable bonds is 6. The van der Waals surface area contributed by atoms with Gasteiger partial charge in [-0.15, -0.1) is 0 Å². The van der Waals surface area contributed by atoms with Gasteiger partial charge in [-0.3, -0.25) is 0 Å². The molecule has 0 saturated heterocycles. The third-order valence-corrected chi connectivity index (χ3v) is 3.58. The van der Waals surface area contributed by atoms with Crippen LogP contribution in [0.25, 0.3) is 0 Å². The molecule has 0 aliphatic rings. The van der Waals surface area contributed by atoms with Gasteiger partial charge in [-0.05, 0) is 49.1 Å². The van der Waals surface area contributed by atoms with E-state index >= 15 is 0 Å². The van der Waals surface area contributed by atoms with E-state index in [0.717, 1.165) is 17.1 Å². The topological polar surface area (TPSA) is 49.7 Å². The van der Waals surface area contributed by atoms with Gasteiger partial charge in [0.25, 0.3) is 0 Å². The second kappa shape index (κ2) is 7.25. The van der Waals surface area contributed by atoms with Crippen LogP contribution >= 0.6 is 0 Å². The zero-order chi connectivity index (χ0) is 15.2. The lowest BCUT2D eigenvalue weighted by Gasteiger charge is -2.19. The summed E-state index contributed by atoms with van der Waals surface area (Å²) in [6.45, 7) is 3.65. The van der Waals surface area contributed by atoms with Crippen molar-refractivity contribution in [1.82, 2.24) is 0 Å². The molecule has 2 N–H and O–H groups in total. The summed E-state index contributed by atoms with van der Waals surface area (Å²) in [7, 11) is 0. The van der Waals surface area contributed by atoms with E-state index in [9.17, 15) is 10.2 Å². The number of para-hydroxylation sites is 1. The SMILES string of the molecule is CC(CC(O)C(C)O)c1ccc(Oc2ccccc2)cc1. The molecule has 0 heterocycles. The van der Waals surface area contributed by atoms with Crippen molar-refractivity contribution in [2.75, 3.05) is 0 Å². The van der Waals surface area contributed by atoms with Crippen LogP contribution < -0.4 is 4.74 Å². The largest absolute Gasteiger partial charge is 0.457 e. The second-order valence-corrected chi connectivity index (χ2v) is 5.43. The first-order valence-electron chi connectivity index (χ1n) is 7.25. The van der Waals surface area contributed by atoms with Crippen LogP contribution in [0.5, 0.6) is 11.5 Å². The van der Waals surface area contributed by atoms with Crippen LogP contribution in [-0.4, -0.2) is 22.4 Å². The van der Waals surface area contributed by atoms with E-state index in [4.69, 9.17) is 4.74 Å². The predicted octanol–water partition coefficient (Wildman–Crippen LogP) is 3.71. The molecule has 0 saturated carbocycles. The monoisotopic (exact) mass is 286 g/mol. The van der Waals surface area contributed by atoms with E-state index in [-0.39, 0.29) is 5.92 Å². The summed E-state index contributed by atoms with van der Waals surface area (Å²) in [6, 6.07) is 17.5. The van der Waals surface area contributed by atoms with Gasteiger partial charge in [-0.2, -0.15) is 0 Å². The number of ether oxygens (including phenoxy) is 1. The summed E-state index contributed by atoms with van der Waals surface area (Å²) in [4.78, 5) is 0. The van der Waals surface area contributed by atoms with Crippen LogP contribution in [0.2, 0.25) is 0 Å². The standard InChI is InChI=1S/C18H22O3/c1-13(12-18(20)14(2)19)15-8-10-17(11-9-15)21-16-6-4-3-5-7-16/h3-11,13-14,18-20H,12H2,1-2H3. The van der Waals surface area contributed by atoms with Crippen molar-refractivity contribution in [3.8, 4) is 11.5 Å². The fraction of sp³-hybridized carbons (Fsp3) is 0.333. The van der Waals surface area contributed by atoms with Crippen LogP contribution in [0, 0.1) is 0 Å². The quantitative estimate of drug-likeness (QED) is 0.851. The molecule has 21 heavy (non-hydrogen) atoms. The highest BCUT2D eigenvalue weighted by Gasteiger charge is 2.16. The molecule has 2 aromatic rings. The Kier molecular flexibility index (Phi) is 5.37. The van der Waals surface area contributed by atoms with Gasteiger partial charge in [-0.25, -0.2) is 0 Å². The van der Waals surface area contributed by atoms with E-state index in [2.05, 4.69) is 0 Å². The fourth-order valence-corrected chi connectivity index (χ4v) is 2.18. The van der Waals surface area contributed by atoms with Crippen molar-refractivity contribution < 1.29 is 14.9 Å². The number of aliphatic hydroxyl groups is 2. The van der Waals surface area contributed by atoms with E-state index < -0.39 is 12.2 Å². The van der Waals surface area contributed by atoms with Gasteiger partial charge in [0.1, 0.15) is 11.5 Å². The Labute approximate surface area is 125 Å². The number of aliphatic hydroxyl groups excluding tert-OH is 2. The Balaban J connectivity index is 1.98. The van der Waals surface area contributed by atoms with Crippen LogP contribution in [0.15, 0.2) is 54.6 Å². The van der Waals surface area contributed by atoms with Crippen LogP contribution in [0.3, 0.4) is 0 Å². The molecule has 112 valence electrons. The maximum atomic E-state index is 9.73. The lowest BCUT2D eigenvalue weighted by Crippen LogP contribution is -2.24. The maximum Gasteiger partial charge on any atom is 0.127 e. The summed E-state index contributed by atoms with van der Waals surface area (Å²) in [6.07, 6.45) is -0.857. The molecule has 3 unspecified atom stereocenters. The summed E-state index contributed by atoms with van der Waals surface area (Å²) in [5.74, 6) is 1.77. The molecule has 3 nitrogen and oxygen atoms in total. The third-order valence-electron chi connectivity index (χ3n) is 3.58. The highest BCUT2D eigenvalue weighted by Crippen LogP contribution is 2.26. The number of hydrogen-bond donors (Lipinski definition) is 2. The van der Waals surface area contributed by atoms with Crippen molar-refractivity contribution in [2.45, 2.75) is 38.4 Å². The molecule has 0 radical (unpaired) electrons. The molecule has 3 atom stereocenters. The van der Waals surface area contributed by atoms with E-state index in [1.54, 1.807) is 6.92 Å². The van der Waals surface area contributed by atoms with Gasteiger partial charge >= 0.3 is 0 Å². The zero-order valence-corrected chi connectivity index (χ0v) is 12.4. The molecule has 0 amide bonds. The zero-order valence-electron chi connectivity index (χ0n) is 12.4. The van der Waals surface area contributed by atoms with Gasteiger partial charge in [-0.1, -0.05) is 37.3 Å². The Morgan fingerprint density at radius 2 is 1.43 bits per heavy atom. The van der Waals surface area contributed by atoms with Crippen LogP contribution in [0.4, 0.5) is 0 Å². The molecule has 0 fully saturated rings. The maximum absolute atomic E-state index is 9.73. The number of benzene rings is 2. The highest BCUT2D eigenvalue weighted by atomic mass is 16.5. The Morgan fingerprint density at radius 1 is 0.857 bits per heavy atom. The van der Waals surface area contributed by atoms with Crippen LogP contribution in [0.1, 0.15) is 31.7 Å². The average Bonchev–Trinajstić information content (AvgIpc) is 2.48. The normalized spacial score (nSPS) is 15.2. The molecule has 0 aliphatic heterocycles. The molecular formula is C18H22O3. The molecule has 2 aromatic carbocycles. The molecular weight excluding hydrogens is 264 g/mol. The van der Waals surface area contributed by atoms with Gasteiger partial charge in [0.05, 0.1) is 12.2 Å². The molecule has 3 heteroatoms. The summed E-state index contributed by atoms with van der Waals surface area (Å²) in [5, 5.41) is 19.1. The fourth-order valence-electron chi connectivity index (χ4n) is 2.18. The van der Waals surface area contributed by atoms with Gasteiger partial charge in [0.2, 0.25) is 0 Å². The third kappa shape index (κ3) is 4.59. The van der Waals surface area contributed by atoms with Gasteiger partial charge in [0, 0.05) is 0 Å². The minimum absolute atomic E-state index is 0.181. The summed E-state index contributed by atoms with van der Waals surface area (Å²) >= 11 is 0. The molecule has 0 aliphatic carbocycles. The predicted molar refractivity (Wildman–Crippen MR) is 83.7 cm³/mol. The molecule has 0 aromatic heterocycles. The van der Waals surface area contributed by atoms with E-state index in [0.29, 0.717) is 6.42 Å².